The van der Waals surface area contributed by atoms with Crippen LogP contribution in [0.5, 0.6) is 0 Å². The maximum Gasteiger partial charge on any atom is 0.241 e. The van der Waals surface area contributed by atoms with Gasteiger partial charge in [-0.3, -0.25) is 4.79 Å². The second-order valence-electron chi connectivity index (χ2n) is 3.98. The molecule has 0 aliphatic rings. The molecule has 92 valence electrons. The number of carbonyl (C=O) groups is 1. The van der Waals surface area contributed by atoms with Crippen molar-refractivity contribution in [3.05, 3.63) is 16.0 Å². The summed E-state index contributed by atoms with van der Waals surface area (Å²) in [6.07, 6.45) is 1.51. The van der Waals surface area contributed by atoms with Crippen LogP contribution in [0.2, 0.25) is 0 Å². The maximum absolute atomic E-state index is 11.8. The predicted octanol–water partition coefficient (Wildman–Crippen LogP) is 2.30. The van der Waals surface area contributed by atoms with Crippen LogP contribution in [-0.2, 0) is 4.79 Å². The van der Waals surface area contributed by atoms with Crippen molar-refractivity contribution in [3.63, 3.8) is 0 Å². The quantitative estimate of drug-likeness (QED) is 0.861. The predicted molar refractivity (Wildman–Crippen MR) is 70.0 cm³/mol. The van der Waals surface area contributed by atoms with Gasteiger partial charge in [0.25, 0.3) is 0 Å². The summed E-state index contributed by atoms with van der Waals surface area (Å²) < 4.78 is 0. The van der Waals surface area contributed by atoms with E-state index in [1.165, 1.54) is 11.3 Å². The Balaban J connectivity index is 2.86. The lowest BCUT2D eigenvalue weighted by molar-refractivity contribution is -0.117. The van der Waals surface area contributed by atoms with E-state index in [-0.39, 0.29) is 5.91 Å². The fraction of sp³-hybridized carbons (Fsp3) is 0.500. The number of amides is 1. The van der Waals surface area contributed by atoms with E-state index < -0.39 is 6.04 Å². The molecule has 1 atom stereocenters. The molecule has 0 bridgehead atoms. The number of thiophene rings is 1. The van der Waals surface area contributed by atoms with Crippen LogP contribution in [0.25, 0.3) is 0 Å². The van der Waals surface area contributed by atoms with Crippen LogP contribution in [0.15, 0.2) is 0 Å². The second-order valence-corrected chi connectivity index (χ2v) is 5.21. The highest BCUT2D eigenvalue weighted by Gasteiger charge is 2.17. The third-order valence-corrected chi connectivity index (χ3v) is 3.79. The molecule has 5 heteroatoms. The lowest BCUT2D eigenvalue weighted by Crippen LogP contribution is -2.35. The minimum absolute atomic E-state index is 0.218. The van der Waals surface area contributed by atoms with Gasteiger partial charge in [0.05, 0.1) is 11.6 Å². The zero-order chi connectivity index (χ0) is 13.0. The largest absolute Gasteiger partial charge is 0.320 e. The molecular formula is C12H17N3OS. The molecule has 0 aliphatic heterocycles. The van der Waals surface area contributed by atoms with Crippen molar-refractivity contribution in [1.82, 2.24) is 0 Å². The van der Waals surface area contributed by atoms with Gasteiger partial charge in [-0.2, -0.15) is 5.26 Å². The summed E-state index contributed by atoms with van der Waals surface area (Å²) in [7, 11) is 0. The van der Waals surface area contributed by atoms with Crippen molar-refractivity contribution >= 4 is 22.2 Å². The molecular weight excluding hydrogens is 234 g/mol. The van der Waals surface area contributed by atoms with Crippen LogP contribution in [0.3, 0.4) is 0 Å². The van der Waals surface area contributed by atoms with Crippen molar-refractivity contribution < 1.29 is 4.79 Å². The smallest absolute Gasteiger partial charge is 0.241 e. The highest BCUT2D eigenvalue weighted by Crippen LogP contribution is 2.31. The van der Waals surface area contributed by atoms with Crippen LogP contribution in [0.1, 0.15) is 35.8 Å². The van der Waals surface area contributed by atoms with E-state index in [2.05, 4.69) is 11.4 Å². The molecule has 4 nitrogen and oxygen atoms in total. The van der Waals surface area contributed by atoms with Gasteiger partial charge >= 0.3 is 0 Å². The van der Waals surface area contributed by atoms with Crippen molar-refractivity contribution in [1.29, 1.82) is 5.26 Å². The van der Waals surface area contributed by atoms with Crippen molar-refractivity contribution in [3.8, 4) is 6.07 Å². The zero-order valence-corrected chi connectivity index (χ0v) is 11.1. The SMILES string of the molecule is CCCC(N)C(=O)Nc1sc(C)c(C)c1C#N. The number of nitrogens with zero attached hydrogens (tertiary/aromatic N) is 1. The molecule has 0 aliphatic carbocycles. The van der Waals surface area contributed by atoms with E-state index in [9.17, 15) is 4.79 Å². The Morgan fingerprint density at radius 1 is 1.59 bits per heavy atom. The van der Waals surface area contributed by atoms with Gasteiger partial charge in [-0.25, -0.2) is 0 Å². The Morgan fingerprint density at radius 2 is 2.24 bits per heavy atom. The van der Waals surface area contributed by atoms with Crippen molar-refractivity contribution in [2.75, 3.05) is 5.32 Å². The number of nitrogens with one attached hydrogen (secondary N) is 1. The summed E-state index contributed by atoms with van der Waals surface area (Å²) in [5, 5.41) is 12.4. The van der Waals surface area contributed by atoms with Gasteiger partial charge < -0.3 is 11.1 Å². The van der Waals surface area contributed by atoms with E-state index >= 15 is 0 Å². The fourth-order valence-electron chi connectivity index (χ4n) is 1.50. The number of rotatable bonds is 4. The topological polar surface area (TPSA) is 78.9 Å². The molecule has 17 heavy (non-hydrogen) atoms. The molecule has 1 rings (SSSR count). The van der Waals surface area contributed by atoms with Crippen molar-refractivity contribution in [2.24, 2.45) is 5.73 Å². The summed E-state index contributed by atoms with van der Waals surface area (Å²) in [6, 6.07) is 1.61. The lowest BCUT2D eigenvalue weighted by atomic mass is 10.1. The van der Waals surface area contributed by atoms with E-state index in [0.29, 0.717) is 17.0 Å². The van der Waals surface area contributed by atoms with Crippen LogP contribution in [-0.4, -0.2) is 11.9 Å². The third kappa shape index (κ3) is 3.05. The fourth-order valence-corrected chi connectivity index (χ4v) is 2.51. The Bertz CT molecular complexity index is 459. The number of aryl methyl sites for hydroxylation is 1. The molecule has 0 radical (unpaired) electrons. The standard InChI is InChI=1S/C12H17N3OS/c1-4-5-10(14)11(16)15-12-9(6-13)7(2)8(3)17-12/h10H,4-5,14H2,1-3H3,(H,15,16). The summed E-state index contributed by atoms with van der Waals surface area (Å²) >= 11 is 1.42. The van der Waals surface area contributed by atoms with Gasteiger partial charge in [0.2, 0.25) is 5.91 Å². The molecule has 0 aromatic carbocycles. The Labute approximate surface area is 105 Å². The minimum Gasteiger partial charge on any atom is -0.320 e. The zero-order valence-electron chi connectivity index (χ0n) is 10.3. The van der Waals surface area contributed by atoms with Gasteiger partial charge in [0.1, 0.15) is 11.1 Å². The summed E-state index contributed by atoms with van der Waals surface area (Å²) in [6.45, 7) is 5.79. The maximum atomic E-state index is 11.8. The molecule has 3 N–H and O–H groups in total. The number of hydrogen-bond donors (Lipinski definition) is 2. The van der Waals surface area contributed by atoms with E-state index in [4.69, 9.17) is 11.0 Å². The number of carbonyl (C=O) groups excluding carboxylic acids is 1. The molecule has 0 saturated heterocycles. The van der Waals surface area contributed by atoms with Crippen LogP contribution in [0.4, 0.5) is 5.00 Å². The van der Waals surface area contributed by atoms with Gasteiger partial charge in [-0.15, -0.1) is 11.3 Å². The molecule has 0 spiro atoms. The monoisotopic (exact) mass is 251 g/mol. The minimum atomic E-state index is -0.505. The number of anilines is 1. The lowest BCUT2D eigenvalue weighted by Gasteiger charge is -2.09. The number of hydrogen-bond acceptors (Lipinski definition) is 4. The Morgan fingerprint density at radius 3 is 2.76 bits per heavy atom. The van der Waals surface area contributed by atoms with Crippen LogP contribution >= 0.6 is 11.3 Å². The first-order valence-electron chi connectivity index (χ1n) is 5.57. The normalized spacial score (nSPS) is 11.9. The van der Waals surface area contributed by atoms with Gasteiger partial charge in [-0.05, 0) is 25.8 Å². The van der Waals surface area contributed by atoms with Gasteiger partial charge in [-0.1, -0.05) is 13.3 Å². The average Bonchev–Trinajstić information content (AvgIpc) is 2.54. The highest BCUT2D eigenvalue weighted by atomic mass is 32.1. The number of nitrogens with two attached hydrogens (primary N) is 1. The average molecular weight is 251 g/mol. The molecule has 1 aromatic heterocycles. The first-order valence-corrected chi connectivity index (χ1v) is 6.39. The second kappa shape index (κ2) is 5.80. The third-order valence-electron chi connectivity index (χ3n) is 2.67. The first-order chi connectivity index (χ1) is 8.01. The Hall–Kier alpha value is -1.38. The first kappa shape index (κ1) is 13.7. The van der Waals surface area contributed by atoms with E-state index in [1.54, 1.807) is 0 Å². The van der Waals surface area contributed by atoms with Crippen LogP contribution in [0, 0.1) is 25.2 Å². The summed E-state index contributed by atoms with van der Waals surface area (Å²) in [4.78, 5) is 12.8. The summed E-state index contributed by atoms with van der Waals surface area (Å²) in [5.41, 5.74) is 7.20. The summed E-state index contributed by atoms with van der Waals surface area (Å²) in [5.74, 6) is -0.218. The molecule has 0 fully saturated rings. The van der Waals surface area contributed by atoms with E-state index in [1.807, 2.05) is 20.8 Å². The molecule has 0 saturated carbocycles. The van der Waals surface area contributed by atoms with Crippen molar-refractivity contribution in [2.45, 2.75) is 39.7 Å². The van der Waals surface area contributed by atoms with E-state index in [0.717, 1.165) is 16.9 Å². The van der Waals surface area contributed by atoms with Crippen LogP contribution < -0.4 is 11.1 Å². The molecule has 1 unspecified atom stereocenters. The van der Waals surface area contributed by atoms with Gasteiger partial charge in [0.15, 0.2) is 0 Å². The molecule has 1 aromatic rings. The highest BCUT2D eigenvalue weighted by molar-refractivity contribution is 7.16. The number of nitriles is 1. The molecule has 1 amide bonds. The Kier molecular flexibility index (Phi) is 4.67. The molecule has 1 heterocycles. The van der Waals surface area contributed by atoms with Gasteiger partial charge in [0, 0.05) is 4.88 Å².